The molecule has 4 heteroatoms. The van der Waals surface area contributed by atoms with Crippen LogP contribution in [0.25, 0.3) is 0 Å². The molecule has 1 aliphatic rings. The second-order valence-corrected chi connectivity index (χ2v) is 6.14. The summed E-state index contributed by atoms with van der Waals surface area (Å²) in [6.07, 6.45) is 7.18. The number of nitrogens with zero attached hydrogens (tertiary/aromatic N) is 3. The van der Waals surface area contributed by atoms with Gasteiger partial charge in [0.15, 0.2) is 0 Å². The maximum Gasteiger partial charge on any atom is 0.225 e. The minimum absolute atomic E-state index is 0.163. The molecule has 0 spiro atoms. The maximum absolute atomic E-state index is 5.78. The van der Waals surface area contributed by atoms with Gasteiger partial charge >= 0.3 is 0 Å². The zero-order chi connectivity index (χ0) is 13.8. The van der Waals surface area contributed by atoms with E-state index in [0.717, 1.165) is 42.9 Å². The molecule has 1 saturated heterocycles. The number of anilines is 1. The van der Waals surface area contributed by atoms with Crippen molar-refractivity contribution in [1.82, 2.24) is 9.97 Å². The summed E-state index contributed by atoms with van der Waals surface area (Å²) in [6.45, 7) is 8.80. The van der Waals surface area contributed by atoms with Gasteiger partial charge in [-0.25, -0.2) is 9.97 Å². The second-order valence-electron chi connectivity index (χ2n) is 6.14. The van der Waals surface area contributed by atoms with Crippen LogP contribution in [0.1, 0.15) is 39.2 Å². The van der Waals surface area contributed by atoms with E-state index in [1.165, 1.54) is 12.8 Å². The Morgan fingerprint density at radius 3 is 2.26 bits per heavy atom. The highest BCUT2D eigenvalue weighted by molar-refractivity contribution is 5.30. The smallest absolute Gasteiger partial charge is 0.225 e. The Labute approximate surface area is 116 Å². The minimum Gasteiger partial charge on any atom is -0.341 e. The van der Waals surface area contributed by atoms with E-state index < -0.39 is 0 Å². The molecule has 106 valence electrons. The predicted molar refractivity (Wildman–Crippen MR) is 79.2 cm³/mol. The number of hydrogen-bond donors (Lipinski definition) is 1. The fourth-order valence-electron chi connectivity index (χ4n) is 2.75. The monoisotopic (exact) mass is 262 g/mol. The minimum atomic E-state index is 0.163. The summed E-state index contributed by atoms with van der Waals surface area (Å²) >= 11 is 0. The first-order valence-electron chi connectivity index (χ1n) is 7.37. The lowest BCUT2D eigenvalue weighted by molar-refractivity contribution is 0.310. The fourth-order valence-corrected chi connectivity index (χ4v) is 2.75. The summed E-state index contributed by atoms with van der Waals surface area (Å²) < 4.78 is 0. The van der Waals surface area contributed by atoms with Crippen molar-refractivity contribution in [2.75, 3.05) is 18.0 Å². The Bertz CT molecular complexity index is 378. The molecule has 1 aromatic rings. The third kappa shape index (κ3) is 3.90. The Balaban J connectivity index is 1.92. The molecule has 1 aromatic heterocycles. The molecule has 1 aliphatic heterocycles. The molecule has 0 aromatic carbocycles. The summed E-state index contributed by atoms with van der Waals surface area (Å²) in [5.41, 5.74) is 6.90. The van der Waals surface area contributed by atoms with E-state index in [9.17, 15) is 0 Å². The molecule has 4 nitrogen and oxygen atoms in total. The molecule has 0 aliphatic carbocycles. The topological polar surface area (TPSA) is 55.0 Å². The van der Waals surface area contributed by atoms with Crippen molar-refractivity contribution in [2.45, 2.75) is 46.1 Å². The van der Waals surface area contributed by atoms with Gasteiger partial charge in [0, 0.05) is 31.5 Å². The van der Waals surface area contributed by atoms with Crippen molar-refractivity contribution < 1.29 is 0 Å². The van der Waals surface area contributed by atoms with Gasteiger partial charge in [0.05, 0.1) is 0 Å². The van der Waals surface area contributed by atoms with Gasteiger partial charge in [0.1, 0.15) is 0 Å². The normalized spacial score (nSPS) is 18.9. The SMILES string of the molecule is CC(N)Cc1cnc(N2CCC(C(C)C)CC2)nc1. The zero-order valence-electron chi connectivity index (χ0n) is 12.3. The van der Waals surface area contributed by atoms with Gasteiger partial charge in [0.25, 0.3) is 0 Å². The van der Waals surface area contributed by atoms with Gasteiger partial charge in [-0.2, -0.15) is 0 Å². The van der Waals surface area contributed by atoms with E-state index in [2.05, 4.69) is 28.7 Å². The molecule has 0 bridgehead atoms. The van der Waals surface area contributed by atoms with E-state index in [1.807, 2.05) is 19.3 Å². The molecular weight excluding hydrogens is 236 g/mol. The number of aromatic nitrogens is 2. The number of hydrogen-bond acceptors (Lipinski definition) is 4. The van der Waals surface area contributed by atoms with Crippen molar-refractivity contribution in [3.8, 4) is 0 Å². The highest BCUT2D eigenvalue weighted by Crippen LogP contribution is 2.26. The summed E-state index contributed by atoms with van der Waals surface area (Å²) in [5.74, 6) is 2.51. The van der Waals surface area contributed by atoms with Gasteiger partial charge in [-0.3, -0.25) is 0 Å². The van der Waals surface area contributed by atoms with Crippen molar-refractivity contribution in [3.05, 3.63) is 18.0 Å². The second kappa shape index (κ2) is 6.33. The van der Waals surface area contributed by atoms with Gasteiger partial charge in [-0.15, -0.1) is 0 Å². The first-order valence-corrected chi connectivity index (χ1v) is 7.37. The molecule has 0 radical (unpaired) electrons. The molecule has 0 saturated carbocycles. The summed E-state index contributed by atoms with van der Waals surface area (Å²) in [5, 5.41) is 0. The Hall–Kier alpha value is -1.16. The largest absolute Gasteiger partial charge is 0.341 e. The fraction of sp³-hybridized carbons (Fsp3) is 0.733. The predicted octanol–water partition coefficient (Wildman–Crippen LogP) is 2.24. The van der Waals surface area contributed by atoms with Crippen molar-refractivity contribution >= 4 is 5.95 Å². The molecular formula is C15H26N4. The first kappa shape index (κ1) is 14.3. The van der Waals surface area contributed by atoms with E-state index in [-0.39, 0.29) is 6.04 Å². The van der Waals surface area contributed by atoms with Crippen LogP contribution >= 0.6 is 0 Å². The number of rotatable bonds is 4. The van der Waals surface area contributed by atoms with E-state index in [0.29, 0.717) is 0 Å². The van der Waals surface area contributed by atoms with Crippen molar-refractivity contribution in [1.29, 1.82) is 0 Å². The van der Waals surface area contributed by atoms with Crippen LogP contribution in [0.4, 0.5) is 5.95 Å². The van der Waals surface area contributed by atoms with Crippen LogP contribution in [0.3, 0.4) is 0 Å². The standard InChI is InChI=1S/C15H26N4/c1-11(2)14-4-6-19(7-5-14)15-17-9-13(10-18-15)8-12(3)16/h9-12,14H,4-8,16H2,1-3H3. The summed E-state index contributed by atoms with van der Waals surface area (Å²) in [4.78, 5) is 11.3. The first-order chi connectivity index (χ1) is 9.06. The van der Waals surface area contributed by atoms with Crippen LogP contribution in [-0.4, -0.2) is 29.1 Å². The molecule has 1 fully saturated rings. The summed E-state index contributed by atoms with van der Waals surface area (Å²) in [6, 6.07) is 0.163. The number of nitrogens with two attached hydrogens (primary N) is 1. The lowest BCUT2D eigenvalue weighted by Gasteiger charge is -2.33. The van der Waals surface area contributed by atoms with Crippen LogP contribution in [0.2, 0.25) is 0 Å². The maximum atomic E-state index is 5.78. The van der Waals surface area contributed by atoms with Crippen molar-refractivity contribution in [2.24, 2.45) is 17.6 Å². The van der Waals surface area contributed by atoms with Crippen LogP contribution in [-0.2, 0) is 6.42 Å². The van der Waals surface area contributed by atoms with Crippen LogP contribution in [0, 0.1) is 11.8 Å². The molecule has 19 heavy (non-hydrogen) atoms. The molecule has 0 amide bonds. The Morgan fingerprint density at radius 2 is 1.79 bits per heavy atom. The lowest BCUT2D eigenvalue weighted by Crippen LogP contribution is -2.36. The lowest BCUT2D eigenvalue weighted by atomic mass is 9.87. The Morgan fingerprint density at radius 1 is 1.21 bits per heavy atom. The van der Waals surface area contributed by atoms with Crippen molar-refractivity contribution in [3.63, 3.8) is 0 Å². The summed E-state index contributed by atoms with van der Waals surface area (Å²) in [7, 11) is 0. The molecule has 2 rings (SSSR count). The molecule has 2 heterocycles. The van der Waals surface area contributed by atoms with Crippen LogP contribution < -0.4 is 10.6 Å². The van der Waals surface area contributed by atoms with E-state index >= 15 is 0 Å². The van der Waals surface area contributed by atoms with E-state index in [4.69, 9.17) is 5.73 Å². The van der Waals surface area contributed by atoms with Gasteiger partial charge in [0.2, 0.25) is 5.95 Å². The molecule has 1 unspecified atom stereocenters. The van der Waals surface area contributed by atoms with Gasteiger partial charge in [-0.05, 0) is 43.6 Å². The average Bonchev–Trinajstić information content (AvgIpc) is 2.39. The third-order valence-electron chi connectivity index (χ3n) is 4.01. The van der Waals surface area contributed by atoms with Gasteiger partial charge < -0.3 is 10.6 Å². The quantitative estimate of drug-likeness (QED) is 0.904. The van der Waals surface area contributed by atoms with Crippen LogP contribution in [0.15, 0.2) is 12.4 Å². The zero-order valence-corrected chi connectivity index (χ0v) is 12.3. The van der Waals surface area contributed by atoms with Gasteiger partial charge in [-0.1, -0.05) is 13.8 Å². The van der Waals surface area contributed by atoms with Crippen LogP contribution in [0.5, 0.6) is 0 Å². The van der Waals surface area contributed by atoms with E-state index in [1.54, 1.807) is 0 Å². The third-order valence-corrected chi connectivity index (χ3v) is 4.01. The Kier molecular flexibility index (Phi) is 4.75. The average molecular weight is 262 g/mol. The number of piperidine rings is 1. The molecule has 1 atom stereocenters. The highest BCUT2D eigenvalue weighted by atomic mass is 15.2. The molecule has 2 N–H and O–H groups in total. The highest BCUT2D eigenvalue weighted by Gasteiger charge is 2.22.